The molecule has 0 radical (unpaired) electrons. The van der Waals surface area contributed by atoms with Crippen LogP contribution >= 0.6 is 0 Å². The summed E-state index contributed by atoms with van der Waals surface area (Å²) in [7, 11) is 0. The summed E-state index contributed by atoms with van der Waals surface area (Å²) < 4.78 is 15.0. The molecule has 3 heterocycles. The van der Waals surface area contributed by atoms with Gasteiger partial charge in [0.15, 0.2) is 11.2 Å². The highest BCUT2D eigenvalue weighted by molar-refractivity contribution is 5.73. The van der Waals surface area contributed by atoms with Crippen molar-refractivity contribution in [3.05, 3.63) is 52.3 Å². The first-order valence-corrected chi connectivity index (χ1v) is 8.36. The number of rotatable bonds is 4. The Morgan fingerprint density at radius 3 is 2.76 bits per heavy atom. The van der Waals surface area contributed by atoms with Gasteiger partial charge in [0.1, 0.15) is 5.82 Å². The maximum Gasteiger partial charge on any atom is 0.277 e. The standard InChI is InChI=1S/C17H19FN6O/c18-12-3-1-11(2-4-12)9-24-14-15(20-10-21-16(14)25)23-17(24)22-13-5-7-19-8-6-13/h1-4,10,13,19H,5-9H2,(H2,20,21,22,23,25). The lowest BCUT2D eigenvalue weighted by atomic mass is 10.1. The van der Waals surface area contributed by atoms with Gasteiger partial charge in [-0.05, 0) is 43.6 Å². The number of benzene rings is 1. The Balaban J connectivity index is 1.74. The summed E-state index contributed by atoms with van der Waals surface area (Å²) in [6.07, 6.45) is 3.33. The van der Waals surface area contributed by atoms with Crippen LogP contribution in [-0.2, 0) is 6.54 Å². The molecule has 0 atom stereocenters. The summed E-state index contributed by atoms with van der Waals surface area (Å²) >= 11 is 0. The Bertz CT molecular complexity index is 926. The predicted molar refractivity (Wildman–Crippen MR) is 93.2 cm³/mol. The zero-order valence-electron chi connectivity index (χ0n) is 13.6. The van der Waals surface area contributed by atoms with E-state index in [1.165, 1.54) is 18.5 Å². The van der Waals surface area contributed by atoms with Gasteiger partial charge >= 0.3 is 0 Å². The molecule has 0 unspecified atom stereocenters. The third-order valence-corrected chi connectivity index (χ3v) is 4.47. The number of hydrogen-bond donors (Lipinski definition) is 3. The van der Waals surface area contributed by atoms with Gasteiger partial charge in [-0.15, -0.1) is 0 Å². The zero-order valence-corrected chi connectivity index (χ0v) is 13.6. The molecule has 0 saturated carbocycles. The minimum atomic E-state index is -0.285. The van der Waals surface area contributed by atoms with Crippen LogP contribution in [0.3, 0.4) is 0 Å². The van der Waals surface area contributed by atoms with Crippen molar-refractivity contribution in [2.24, 2.45) is 0 Å². The van der Waals surface area contributed by atoms with Crippen LogP contribution in [0, 0.1) is 5.82 Å². The Morgan fingerprint density at radius 2 is 2.00 bits per heavy atom. The minimum absolute atomic E-state index is 0.238. The number of nitrogens with zero attached hydrogens (tertiary/aromatic N) is 3. The summed E-state index contributed by atoms with van der Waals surface area (Å²) in [4.78, 5) is 23.6. The van der Waals surface area contributed by atoms with Crippen molar-refractivity contribution < 1.29 is 4.39 Å². The lowest BCUT2D eigenvalue weighted by molar-refractivity contribution is 0.476. The summed E-state index contributed by atoms with van der Waals surface area (Å²) in [5.41, 5.74) is 1.47. The molecule has 1 aliphatic heterocycles. The first-order valence-electron chi connectivity index (χ1n) is 8.36. The van der Waals surface area contributed by atoms with E-state index in [4.69, 9.17) is 0 Å². The highest BCUT2D eigenvalue weighted by Gasteiger charge is 2.19. The Kier molecular flexibility index (Phi) is 4.19. The van der Waals surface area contributed by atoms with Crippen molar-refractivity contribution in [2.45, 2.75) is 25.4 Å². The average molecular weight is 342 g/mol. The number of aromatic amines is 1. The zero-order chi connectivity index (χ0) is 17.2. The van der Waals surface area contributed by atoms with E-state index in [2.05, 4.69) is 25.6 Å². The van der Waals surface area contributed by atoms with Crippen LogP contribution in [0.5, 0.6) is 0 Å². The van der Waals surface area contributed by atoms with Crippen LogP contribution in [0.2, 0.25) is 0 Å². The van der Waals surface area contributed by atoms with E-state index >= 15 is 0 Å². The predicted octanol–water partition coefficient (Wildman–Crippen LogP) is 1.47. The molecule has 1 saturated heterocycles. The number of aromatic nitrogens is 4. The van der Waals surface area contributed by atoms with Gasteiger partial charge < -0.3 is 15.6 Å². The molecule has 0 spiro atoms. The highest BCUT2D eigenvalue weighted by Crippen LogP contribution is 2.19. The molecule has 0 amide bonds. The topological polar surface area (TPSA) is 87.6 Å². The second-order valence-electron chi connectivity index (χ2n) is 6.22. The summed E-state index contributed by atoms with van der Waals surface area (Å²) in [6, 6.07) is 6.54. The third kappa shape index (κ3) is 3.25. The molecule has 25 heavy (non-hydrogen) atoms. The van der Waals surface area contributed by atoms with Gasteiger partial charge in [-0.25, -0.2) is 9.37 Å². The smallest absolute Gasteiger partial charge is 0.277 e. The number of hydrogen-bond acceptors (Lipinski definition) is 5. The second-order valence-corrected chi connectivity index (χ2v) is 6.22. The fourth-order valence-electron chi connectivity index (χ4n) is 3.16. The number of nitrogens with one attached hydrogen (secondary N) is 3. The SMILES string of the molecule is O=c1[nH]cnc2nc(NC3CCNCC3)n(Cc3ccc(F)cc3)c12. The van der Waals surface area contributed by atoms with Crippen LogP contribution in [0.4, 0.5) is 10.3 Å². The molecule has 0 aliphatic carbocycles. The fraction of sp³-hybridized carbons (Fsp3) is 0.353. The fourth-order valence-corrected chi connectivity index (χ4v) is 3.16. The maximum absolute atomic E-state index is 13.2. The molecule has 1 fully saturated rings. The molecule has 1 aliphatic rings. The van der Waals surface area contributed by atoms with Crippen molar-refractivity contribution in [1.29, 1.82) is 0 Å². The van der Waals surface area contributed by atoms with Crippen molar-refractivity contribution in [3.63, 3.8) is 0 Å². The molecular formula is C17H19FN6O. The molecule has 3 N–H and O–H groups in total. The van der Waals surface area contributed by atoms with Crippen LogP contribution in [-0.4, -0.2) is 38.7 Å². The quantitative estimate of drug-likeness (QED) is 0.668. The largest absolute Gasteiger partial charge is 0.353 e. The molecule has 130 valence electrons. The molecule has 8 heteroatoms. The van der Waals surface area contributed by atoms with Crippen LogP contribution < -0.4 is 16.2 Å². The van der Waals surface area contributed by atoms with E-state index in [0.29, 0.717) is 29.7 Å². The number of imidazole rings is 1. The normalized spacial score (nSPS) is 15.6. The van der Waals surface area contributed by atoms with E-state index in [1.54, 1.807) is 12.1 Å². The van der Waals surface area contributed by atoms with Crippen LogP contribution in [0.25, 0.3) is 11.2 Å². The van der Waals surface area contributed by atoms with Gasteiger partial charge in [0.25, 0.3) is 5.56 Å². The third-order valence-electron chi connectivity index (χ3n) is 4.47. The number of fused-ring (bicyclic) bond motifs is 1. The maximum atomic E-state index is 13.2. The highest BCUT2D eigenvalue weighted by atomic mass is 19.1. The van der Waals surface area contributed by atoms with E-state index in [1.807, 2.05) is 4.57 Å². The number of H-pyrrole nitrogens is 1. The van der Waals surface area contributed by atoms with Gasteiger partial charge in [-0.2, -0.15) is 4.98 Å². The average Bonchev–Trinajstić information content (AvgIpc) is 2.96. The Morgan fingerprint density at radius 1 is 1.24 bits per heavy atom. The van der Waals surface area contributed by atoms with Gasteiger partial charge in [-0.3, -0.25) is 9.36 Å². The van der Waals surface area contributed by atoms with E-state index in [9.17, 15) is 9.18 Å². The number of piperidine rings is 1. The van der Waals surface area contributed by atoms with Crippen LogP contribution in [0.15, 0.2) is 35.4 Å². The number of halogens is 1. The Labute approximate surface area is 143 Å². The summed E-state index contributed by atoms with van der Waals surface area (Å²) in [5, 5.41) is 6.77. The van der Waals surface area contributed by atoms with E-state index in [0.717, 1.165) is 31.5 Å². The molecule has 3 aromatic rings. The molecule has 4 rings (SSSR count). The van der Waals surface area contributed by atoms with Gasteiger partial charge in [0.2, 0.25) is 5.95 Å². The van der Waals surface area contributed by atoms with Gasteiger partial charge in [0.05, 0.1) is 12.9 Å². The summed E-state index contributed by atoms with van der Waals surface area (Å²) in [6.45, 7) is 2.32. The van der Waals surface area contributed by atoms with E-state index in [-0.39, 0.29) is 11.4 Å². The second kappa shape index (κ2) is 6.64. The molecule has 2 aromatic heterocycles. The summed E-state index contributed by atoms with van der Waals surface area (Å²) in [5.74, 6) is 0.335. The monoisotopic (exact) mass is 342 g/mol. The molecule has 1 aromatic carbocycles. The molecular weight excluding hydrogens is 323 g/mol. The molecule has 0 bridgehead atoms. The van der Waals surface area contributed by atoms with E-state index < -0.39 is 0 Å². The first kappa shape index (κ1) is 15.8. The van der Waals surface area contributed by atoms with Crippen molar-refractivity contribution in [2.75, 3.05) is 18.4 Å². The van der Waals surface area contributed by atoms with Gasteiger partial charge in [0, 0.05) is 6.04 Å². The van der Waals surface area contributed by atoms with Gasteiger partial charge in [-0.1, -0.05) is 12.1 Å². The lowest BCUT2D eigenvalue weighted by Crippen LogP contribution is -2.36. The first-order chi connectivity index (χ1) is 12.2. The van der Waals surface area contributed by atoms with Crippen molar-refractivity contribution in [3.8, 4) is 0 Å². The van der Waals surface area contributed by atoms with Crippen molar-refractivity contribution >= 4 is 17.1 Å². The minimum Gasteiger partial charge on any atom is -0.353 e. The molecule has 7 nitrogen and oxygen atoms in total. The lowest BCUT2D eigenvalue weighted by Gasteiger charge is -2.24. The van der Waals surface area contributed by atoms with Crippen LogP contribution in [0.1, 0.15) is 18.4 Å². The number of anilines is 1. The van der Waals surface area contributed by atoms with Crippen molar-refractivity contribution in [1.82, 2.24) is 24.8 Å². The Hall–Kier alpha value is -2.74.